The molecular formula is C14H23BrN2O2S. The minimum Gasteiger partial charge on any atom is -0.316 e. The van der Waals surface area contributed by atoms with E-state index >= 15 is 0 Å². The van der Waals surface area contributed by atoms with E-state index in [4.69, 9.17) is 0 Å². The van der Waals surface area contributed by atoms with Gasteiger partial charge in [-0.05, 0) is 46.6 Å². The largest absolute Gasteiger partial charge is 0.316 e. The highest BCUT2D eigenvalue weighted by Crippen LogP contribution is 2.26. The van der Waals surface area contributed by atoms with E-state index < -0.39 is 10.0 Å². The zero-order chi connectivity index (χ0) is 15.3. The fourth-order valence-electron chi connectivity index (χ4n) is 2.00. The van der Waals surface area contributed by atoms with Gasteiger partial charge in [0.25, 0.3) is 0 Å². The lowest BCUT2D eigenvalue weighted by Gasteiger charge is -2.23. The SMILES string of the molecule is CCN(CC(C)C)S(=O)(=O)c1cc(CNC)ccc1Br. The highest BCUT2D eigenvalue weighted by atomic mass is 79.9. The molecule has 114 valence electrons. The molecule has 0 unspecified atom stereocenters. The van der Waals surface area contributed by atoms with Gasteiger partial charge in [-0.1, -0.05) is 26.8 Å². The molecular weight excluding hydrogens is 340 g/mol. The lowest BCUT2D eigenvalue weighted by Crippen LogP contribution is -2.34. The Morgan fingerprint density at radius 1 is 1.35 bits per heavy atom. The molecule has 4 nitrogen and oxygen atoms in total. The highest BCUT2D eigenvalue weighted by Gasteiger charge is 2.26. The lowest BCUT2D eigenvalue weighted by molar-refractivity contribution is 0.380. The molecule has 0 aliphatic carbocycles. The summed E-state index contributed by atoms with van der Waals surface area (Å²) in [6.07, 6.45) is 0. The molecule has 1 aromatic rings. The highest BCUT2D eigenvalue weighted by molar-refractivity contribution is 9.10. The van der Waals surface area contributed by atoms with Crippen molar-refractivity contribution in [1.29, 1.82) is 0 Å². The summed E-state index contributed by atoms with van der Waals surface area (Å²) < 4.78 is 27.6. The Hall–Kier alpha value is -0.430. The van der Waals surface area contributed by atoms with Gasteiger partial charge in [-0.15, -0.1) is 0 Å². The van der Waals surface area contributed by atoms with E-state index in [2.05, 4.69) is 21.2 Å². The van der Waals surface area contributed by atoms with Crippen LogP contribution in [-0.2, 0) is 16.6 Å². The van der Waals surface area contributed by atoms with Crippen LogP contribution < -0.4 is 5.32 Å². The first kappa shape index (κ1) is 17.6. The zero-order valence-electron chi connectivity index (χ0n) is 12.5. The maximum atomic E-state index is 12.8. The van der Waals surface area contributed by atoms with Crippen molar-refractivity contribution < 1.29 is 8.42 Å². The fraction of sp³-hybridized carbons (Fsp3) is 0.571. The number of nitrogens with zero attached hydrogens (tertiary/aromatic N) is 1. The van der Waals surface area contributed by atoms with Gasteiger partial charge < -0.3 is 5.32 Å². The average molecular weight is 363 g/mol. The molecule has 1 rings (SSSR count). The van der Waals surface area contributed by atoms with Gasteiger partial charge in [0.15, 0.2) is 0 Å². The van der Waals surface area contributed by atoms with Crippen molar-refractivity contribution in [1.82, 2.24) is 9.62 Å². The lowest BCUT2D eigenvalue weighted by atomic mass is 10.2. The molecule has 0 bridgehead atoms. The zero-order valence-corrected chi connectivity index (χ0v) is 14.9. The quantitative estimate of drug-likeness (QED) is 0.811. The van der Waals surface area contributed by atoms with Crippen molar-refractivity contribution in [3.63, 3.8) is 0 Å². The minimum absolute atomic E-state index is 0.295. The molecule has 0 aliphatic heterocycles. The Bertz CT molecular complexity index is 544. The van der Waals surface area contributed by atoms with Crippen LogP contribution in [0.2, 0.25) is 0 Å². The van der Waals surface area contributed by atoms with E-state index in [1.165, 1.54) is 4.31 Å². The summed E-state index contributed by atoms with van der Waals surface area (Å²) >= 11 is 3.35. The number of hydrogen-bond acceptors (Lipinski definition) is 3. The van der Waals surface area contributed by atoms with Gasteiger partial charge in [0.1, 0.15) is 0 Å². The standard InChI is InChI=1S/C14H23BrN2O2S/c1-5-17(10-11(2)3)20(18,19)14-8-12(9-16-4)6-7-13(14)15/h6-8,11,16H,5,9-10H2,1-4H3. The van der Waals surface area contributed by atoms with E-state index in [1.807, 2.05) is 33.9 Å². The summed E-state index contributed by atoms with van der Waals surface area (Å²) in [6, 6.07) is 5.44. The van der Waals surface area contributed by atoms with E-state index in [0.717, 1.165) is 5.56 Å². The normalized spacial score (nSPS) is 12.3. The molecule has 0 aliphatic rings. The smallest absolute Gasteiger partial charge is 0.244 e. The topological polar surface area (TPSA) is 49.4 Å². The van der Waals surface area contributed by atoms with Crippen LogP contribution in [0, 0.1) is 5.92 Å². The number of halogens is 1. The van der Waals surface area contributed by atoms with Gasteiger partial charge in [0.2, 0.25) is 10.0 Å². The molecule has 0 spiro atoms. The van der Waals surface area contributed by atoms with E-state index in [1.54, 1.807) is 12.1 Å². The molecule has 0 atom stereocenters. The molecule has 0 aromatic heterocycles. The third-order valence-corrected chi connectivity index (χ3v) is 5.85. The summed E-state index contributed by atoms with van der Waals surface area (Å²) in [5.74, 6) is 0.295. The van der Waals surface area contributed by atoms with Crippen molar-refractivity contribution in [2.45, 2.75) is 32.2 Å². The van der Waals surface area contributed by atoms with Crippen LogP contribution in [0.25, 0.3) is 0 Å². The van der Waals surface area contributed by atoms with Crippen molar-refractivity contribution in [2.24, 2.45) is 5.92 Å². The third kappa shape index (κ3) is 4.28. The van der Waals surface area contributed by atoms with Crippen molar-refractivity contribution in [2.75, 3.05) is 20.1 Å². The number of nitrogens with one attached hydrogen (secondary N) is 1. The van der Waals surface area contributed by atoms with Crippen LogP contribution in [0.4, 0.5) is 0 Å². The second kappa shape index (κ2) is 7.54. The van der Waals surface area contributed by atoms with E-state index in [9.17, 15) is 8.42 Å². The Morgan fingerprint density at radius 3 is 2.50 bits per heavy atom. The maximum Gasteiger partial charge on any atom is 0.244 e. The van der Waals surface area contributed by atoms with E-state index in [-0.39, 0.29) is 0 Å². The van der Waals surface area contributed by atoms with Gasteiger partial charge >= 0.3 is 0 Å². The van der Waals surface area contributed by atoms with Gasteiger partial charge in [0.05, 0.1) is 4.90 Å². The predicted octanol–water partition coefficient (Wildman–Crippen LogP) is 2.84. The minimum atomic E-state index is -3.46. The Labute approximate surface area is 130 Å². The van der Waals surface area contributed by atoms with Crippen molar-refractivity contribution in [3.05, 3.63) is 28.2 Å². The van der Waals surface area contributed by atoms with Crippen LogP contribution in [0.1, 0.15) is 26.3 Å². The molecule has 0 saturated carbocycles. The Balaban J connectivity index is 3.22. The van der Waals surface area contributed by atoms with Crippen molar-refractivity contribution >= 4 is 26.0 Å². The van der Waals surface area contributed by atoms with Gasteiger partial charge in [-0.25, -0.2) is 8.42 Å². The first-order chi connectivity index (χ1) is 9.32. The molecule has 1 aromatic carbocycles. The number of sulfonamides is 1. The summed E-state index contributed by atoms with van der Waals surface area (Å²) in [5.41, 5.74) is 0.954. The maximum absolute atomic E-state index is 12.8. The predicted molar refractivity (Wildman–Crippen MR) is 86.2 cm³/mol. The number of benzene rings is 1. The van der Waals surface area contributed by atoms with Gasteiger partial charge in [-0.3, -0.25) is 0 Å². The monoisotopic (exact) mass is 362 g/mol. The van der Waals surface area contributed by atoms with Crippen LogP contribution in [0.15, 0.2) is 27.6 Å². The molecule has 20 heavy (non-hydrogen) atoms. The molecule has 0 amide bonds. The van der Waals surface area contributed by atoms with Crippen LogP contribution in [0.5, 0.6) is 0 Å². The van der Waals surface area contributed by atoms with Crippen molar-refractivity contribution in [3.8, 4) is 0 Å². The van der Waals surface area contributed by atoms with E-state index in [0.29, 0.717) is 34.9 Å². The van der Waals surface area contributed by atoms with Gasteiger partial charge in [-0.2, -0.15) is 4.31 Å². The first-order valence-corrected chi connectivity index (χ1v) is 8.99. The fourth-order valence-corrected chi connectivity index (χ4v) is 4.59. The second-order valence-corrected chi connectivity index (χ2v) is 7.91. The Morgan fingerprint density at radius 2 is 2.00 bits per heavy atom. The summed E-state index contributed by atoms with van der Waals surface area (Å²) in [7, 11) is -1.62. The molecule has 0 heterocycles. The first-order valence-electron chi connectivity index (χ1n) is 6.76. The second-order valence-electron chi connectivity index (χ2n) is 5.14. The molecule has 6 heteroatoms. The van der Waals surface area contributed by atoms with Crippen LogP contribution in [0.3, 0.4) is 0 Å². The number of rotatable bonds is 7. The molecule has 0 fully saturated rings. The molecule has 1 N–H and O–H groups in total. The molecule has 0 saturated heterocycles. The molecule has 0 radical (unpaired) electrons. The number of hydrogen-bond donors (Lipinski definition) is 1. The van der Waals surface area contributed by atoms with Crippen LogP contribution in [-0.4, -0.2) is 32.9 Å². The average Bonchev–Trinajstić information content (AvgIpc) is 2.38. The third-order valence-electron chi connectivity index (χ3n) is 2.92. The summed E-state index contributed by atoms with van der Waals surface area (Å²) in [6.45, 7) is 7.55. The summed E-state index contributed by atoms with van der Waals surface area (Å²) in [4.78, 5) is 0.341. The summed E-state index contributed by atoms with van der Waals surface area (Å²) in [5, 5.41) is 3.03. The van der Waals surface area contributed by atoms with Gasteiger partial charge in [0, 0.05) is 24.1 Å². The Kier molecular flexibility index (Phi) is 6.64. The van der Waals surface area contributed by atoms with Crippen LogP contribution >= 0.6 is 15.9 Å².